The van der Waals surface area contributed by atoms with Gasteiger partial charge in [0.05, 0.1) is 5.69 Å². The highest BCUT2D eigenvalue weighted by Gasteiger charge is 2.38. The second-order valence-corrected chi connectivity index (χ2v) is 9.67. The smallest absolute Gasteiger partial charge is 0.475 e. The van der Waals surface area contributed by atoms with Crippen LogP contribution in [0, 0.1) is 0 Å². The first-order valence-electron chi connectivity index (χ1n) is 12.8. The second kappa shape index (κ2) is 13.9. The summed E-state index contributed by atoms with van der Waals surface area (Å²) in [4.78, 5) is 25.8. The number of alkyl halides is 3. The number of amides is 2. The van der Waals surface area contributed by atoms with Crippen LogP contribution in [0.3, 0.4) is 0 Å². The van der Waals surface area contributed by atoms with E-state index in [1.165, 1.54) is 5.56 Å². The summed E-state index contributed by atoms with van der Waals surface area (Å²) in [5.74, 6) is -0.697. The molecule has 3 N–H and O–H groups in total. The van der Waals surface area contributed by atoms with Gasteiger partial charge < -0.3 is 14.7 Å². The van der Waals surface area contributed by atoms with E-state index < -0.39 is 12.1 Å². The highest BCUT2D eigenvalue weighted by Crippen LogP contribution is 2.25. The van der Waals surface area contributed by atoms with Gasteiger partial charge in [-0.05, 0) is 47.5 Å². The molecule has 220 valence electrons. The minimum atomic E-state index is -5.08. The van der Waals surface area contributed by atoms with Gasteiger partial charge in [0.1, 0.15) is 11.5 Å². The molecular formula is C29H27ClF3N5O4. The van der Waals surface area contributed by atoms with E-state index in [2.05, 4.69) is 32.5 Å². The van der Waals surface area contributed by atoms with Crippen molar-refractivity contribution in [2.45, 2.75) is 12.7 Å². The zero-order valence-corrected chi connectivity index (χ0v) is 22.9. The van der Waals surface area contributed by atoms with E-state index >= 15 is 0 Å². The van der Waals surface area contributed by atoms with Crippen LogP contribution >= 0.6 is 11.6 Å². The molecule has 0 bridgehead atoms. The number of aromatic nitrogens is 2. The number of carboxylic acid groups (broad SMARTS) is 1. The second-order valence-electron chi connectivity index (χ2n) is 9.23. The third-order valence-electron chi connectivity index (χ3n) is 6.15. The lowest BCUT2D eigenvalue weighted by molar-refractivity contribution is -0.192. The van der Waals surface area contributed by atoms with Crippen LogP contribution in [0.2, 0.25) is 5.02 Å². The van der Waals surface area contributed by atoms with Crippen molar-refractivity contribution < 1.29 is 32.6 Å². The lowest BCUT2D eigenvalue weighted by atomic mass is 10.1. The normalized spacial score (nSPS) is 13.6. The predicted molar refractivity (Wildman–Crippen MR) is 152 cm³/mol. The van der Waals surface area contributed by atoms with Crippen molar-refractivity contribution in [1.29, 1.82) is 0 Å². The van der Waals surface area contributed by atoms with E-state index in [4.69, 9.17) is 26.2 Å². The average molecular weight is 602 g/mol. The van der Waals surface area contributed by atoms with Gasteiger partial charge in [0, 0.05) is 43.8 Å². The third-order valence-corrected chi connectivity index (χ3v) is 6.41. The number of hydrogen-bond donors (Lipinski definition) is 3. The molecule has 0 unspecified atom stereocenters. The number of aromatic amines is 1. The molecule has 13 heteroatoms. The molecule has 0 radical (unpaired) electrons. The van der Waals surface area contributed by atoms with Crippen molar-refractivity contribution in [3.05, 3.63) is 95.5 Å². The number of rotatable bonds is 6. The number of carbonyl (C=O) groups excluding carboxylic acids is 1. The monoisotopic (exact) mass is 601 g/mol. The maximum atomic E-state index is 12.7. The molecule has 1 saturated heterocycles. The van der Waals surface area contributed by atoms with Gasteiger partial charge in [-0.3, -0.25) is 15.3 Å². The van der Waals surface area contributed by atoms with Crippen LogP contribution in [0.15, 0.2) is 84.9 Å². The topological polar surface area (TPSA) is 111 Å². The van der Waals surface area contributed by atoms with Crippen molar-refractivity contribution >= 4 is 29.4 Å². The first-order valence-corrected chi connectivity index (χ1v) is 13.2. The van der Waals surface area contributed by atoms with E-state index in [1.54, 1.807) is 0 Å². The van der Waals surface area contributed by atoms with E-state index in [-0.39, 0.29) is 6.03 Å². The fraction of sp³-hybridized carbons (Fsp3) is 0.207. The number of carbonyl (C=O) groups is 2. The van der Waals surface area contributed by atoms with Crippen molar-refractivity contribution in [3.8, 4) is 22.8 Å². The molecule has 1 aliphatic rings. The molecule has 1 aliphatic heterocycles. The number of hydrogen-bond acceptors (Lipinski definition) is 5. The third kappa shape index (κ3) is 8.98. The lowest BCUT2D eigenvalue weighted by Crippen LogP contribution is -2.49. The zero-order valence-electron chi connectivity index (χ0n) is 22.1. The molecule has 1 fully saturated rings. The van der Waals surface area contributed by atoms with Crippen LogP contribution in [0.5, 0.6) is 11.5 Å². The summed E-state index contributed by atoms with van der Waals surface area (Å²) >= 11 is 5.95. The number of nitrogens with one attached hydrogen (secondary N) is 2. The maximum absolute atomic E-state index is 12.7. The van der Waals surface area contributed by atoms with Crippen molar-refractivity contribution in [1.82, 2.24) is 20.0 Å². The van der Waals surface area contributed by atoms with Gasteiger partial charge in [-0.15, -0.1) is 0 Å². The molecule has 0 atom stereocenters. The summed E-state index contributed by atoms with van der Waals surface area (Å²) in [7, 11) is 0. The first-order chi connectivity index (χ1) is 20.1. The van der Waals surface area contributed by atoms with E-state index in [1.807, 2.05) is 77.7 Å². The highest BCUT2D eigenvalue weighted by atomic mass is 35.5. The lowest BCUT2D eigenvalue weighted by Gasteiger charge is -2.34. The van der Waals surface area contributed by atoms with Crippen LogP contribution < -0.4 is 10.1 Å². The van der Waals surface area contributed by atoms with Crippen molar-refractivity contribution in [3.63, 3.8) is 0 Å². The van der Waals surface area contributed by atoms with Crippen molar-refractivity contribution in [2.24, 2.45) is 0 Å². The first kappa shape index (κ1) is 30.4. The minimum Gasteiger partial charge on any atom is -0.475 e. The number of aliphatic carboxylic acids is 1. The van der Waals surface area contributed by atoms with Gasteiger partial charge in [0.25, 0.3) is 0 Å². The summed E-state index contributed by atoms with van der Waals surface area (Å²) in [5, 5.41) is 17.9. The molecule has 0 aliphatic carbocycles. The molecule has 1 aromatic heterocycles. The number of nitrogens with zero attached hydrogens (tertiary/aromatic N) is 3. The Morgan fingerprint density at radius 1 is 0.929 bits per heavy atom. The fourth-order valence-corrected chi connectivity index (χ4v) is 4.18. The summed E-state index contributed by atoms with van der Waals surface area (Å²) in [6.45, 7) is 3.70. The molecule has 42 heavy (non-hydrogen) atoms. The van der Waals surface area contributed by atoms with Crippen LogP contribution in [0.25, 0.3) is 11.3 Å². The van der Waals surface area contributed by atoms with Crippen molar-refractivity contribution in [2.75, 3.05) is 31.5 Å². The molecule has 2 heterocycles. The standard InChI is InChI=1S/C27H26ClN5O2.C2HF3O2/c28-22-9-11-23(12-10-22)35-24-8-4-5-20(17-24)19-32-13-15-33(16-14-32)27(34)29-26-18-25(30-31-26)21-6-2-1-3-7-21;3-2(4,5)1(6)7/h1-12,17-18H,13-16,19H2,(H2,29,30,31,34);(H,6,7). The number of H-pyrrole nitrogens is 1. The fourth-order valence-electron chi connectivity index (χ4n) is 4.05. The molecular weight excluding hydrogens is 575 g/mol. The molecule has 3 aromatic carbocycles. The highest BCUT2D eigenvalue weighted by molar-refractivity contribution is 6.30. The Bertz CT molecular complexity index is 1470. The number of halogens is 4. The minimum absolute atomic E-state index is 0.130. The van der Waals surface area contributed by atoms with Gasteiger partial charge in [-0.1, -0.05) is 54.1 Å². The Morgan fingerprint density at radius 2 is 1.60 bits per heavy atom. The Kier molecular flexibility index (Phi) is 10.0. The van der Waals surface area contributed by atoms with Crippen LogP contribution in [-0.2, 0) is 11.3 Å². The number of benzene rings is 3. The molecule has 0 saturated carbocycles. The Morgan fingerprint density at radius 3 is 2.24 bits per heavy atom. The average Bonchev–Trinajstić information content (AvgIpc) is 3.44. The van der Waals surface area contributed by atoms with Gasteiger partial charge in [-0.2, -0.15) is 18.3 Å². The van der Waals surface area contributed by atoms with Gasteiger partial charge in [-0.25, -0.2) is 9.59 Å². The Labute approximate surface area is 244 Å². The number of carboxylic acids is 1. The largest absolute Gasteiger partial charge is 0.490 e. The van der Waals surface area contributed by atoms with Crippen LogP contribution in [0.4, 0.5) is 23.8 Å². The summed E-state index contributed by atoms with van der Waals surface area (Å²) < 4.78 is 37.7. The number of piperazine rings is 1. The number of ether oxygens (including phenoxy) is 1. The number of urea groups is 1. The quantitative estimate of drug-likeness (QED) is 0.232. The predicted octanol–water partition coefficient (Wildman–Crippen LogP) is 6.51. The van der Waals surface area contributed by atoms with Gasteiger partial charge >= 0.3 is 18.2 Å². The molecule has 2 amide bonds. The number of anilines is 1. The maximum Gasteiger partial charge on any atom is 0.490 e. The van der Waals surface area contributed by atoms with Crippen LogP contribution in [0.1, 0.15) is 5.56 Å². The van der Waals surface area contributed by atoms with Gasteiger partial charge in [0.2, 0.25) is 0 Å². The SMILES string of the molecule is O=C(Nc1cc(-c2ccccc2)[nH]n1)N1CCN(Cc2cccc(Oc3ccc(Cl)cc3)c2)CC1.O=C(O)C(F)(F)F. The Hall–Kier alpha value is -4.55. The van der Waals surface area contributed by atoms with E-state index in [0.717, 1.165) is 42.4 Å². The van der Waals surface area contributed by atoms with E-state index in [9.17, 15) is 18.0 Å². The molecule has 0 spiro atoms. The van der Waals surface area contributed by atoms with E-state index in [0.29, 0.717) is 23.9 Å². The molecule has 5 rings (SSSR count). The molecule has 9 nitrogen and oxygen atoms in total. The van der Waals surface area contributed by atoms with Crippen LogP contribution in [-0.4, -0.2) is 69.5 Å². The summed E-state index contributed by atoms with van der Waals surface area (Å²) in [6, 6.07) is 27.0. The van der Waals surface area contributed by atoms with Gasteiger partial charge in [0.15, 0.2) is 5.82 Å². The zero-order chi connectivity index (χ0) is 30.1. The summed E-state index contributed by atoms with van der Waals surface area (Å²) in [5.41, 5.74) is 3.06. The molecule has 4 aromatic rings. The summed E-state index contributed by atoms with van der Waals surface area (Å²) in [6.07, 6.45) is -5.08. The Balaban J connectivity index is 0.000000517.